The Labute approximate surface area is 293 Å². The summed E-state index contributed by atoms with van der Waals surface area (Å²) in [5, 5.41) is 5.71. The molecule has 1 aromatic heterocycles. The summed E-state index contributed by atoms with van der Waals surface area (Å²) in [6.07, 6.45) is 0. The SMILES string of the molecule is Cc1cc(C)c(C([N-]c2c(C(C)C)cccc2C(C)C)c2nc(-c3ccccc3)c(-c3ccccc3)n2C)c(C)c1.[CH3-].[CH3-].[CH3-].[Hf+4]. The van der Waals surface area contributed by atoms with Crippen LogP contribution in [0.3, 0.4) is 0 Å². The monoisotopic (exact) mass is 765 g/mol. The number of hydrogen-bond donors (Lipinski definition) is 0. The molecule has 5 rings (SSSR count). The van der Waals surface area contributed by atoms with Crippen molar-refractivity contribution in [2.45, 2.75) is 66.3 Å². The molecule has 0 aliphatic heterocycles. The number of nitrogens with zero attached hydrogens (tertiary/aromatic N) is 3. The van der Waals surface area contributed by atoms with Gasteiger partial charge in [-0.25, -0.2) is 4.98 Å². The van der Waals surface area contributed by atoms with Gasteiger partial charge in [0.1, 0.15) is 0 Å². The Hall–Kier alpha value is -3.24. The Kier molecular flexibility index (Phi) is 14.9. The summed E-state index contributed by atoms with van der Waals surface area (Å²) >= 11 is 0. The average molecular weight is 764 g/mol. The van der Waals surface area contributed by atoms with E-state index in [9.17, 15) is 0 Å². The van der Waals surface area contributed by atoms with Crippen LogP contribution in [-0.4, -0.2) is 9.55 Å². The topological polar surface area (TPSA) is 31.9 Å². The van der Waals surface area contributed by atoms with Crippen LogP contribution in [-0.2, 0) is 32.9 Å². The summed E-state index contributed by atoms with van der Waals surface area (Å²) in [5.74, 6) is 1.66. The van der Waals surface area contributed by atoms with Crippen molar-refractivity contribution in [1.29, 1.82) is 0 Å². The average Bonchev–Trinajstić information content (AvgIpc) is 3.29. The van der Waals surface area contributed by atoms with E-state index in [2.05, 4.69) is 151 Å². The number of hydrogen-bond acceptors (Lipinski definition) is 1. The van der Waals surface area contributed by atoms with E-state index in [1.54, 1.807) is 0 Å². The number of rotatable bonds is 8. The summed E-state index contributed by atoms with van der Waals surface area (Å²) in [6, 6.07) is 32.1. The van der Waals surface area contributed by atoms with Gasteiger partial charge in [0, 0.05) is 18.2 Å². The molecule has 0 fully saturated rings. The first kappa shape index (κ1) is 39.8. The van der Waals surface area contributed by atoms with Gasteiger partial charge >= 0.3 is 25.8 Å². The van der Waals surface area contributed by atoms with Gasteiger partial charge < -0.3 is 32.2 Å². The summed E-state index contributed by atoms with van der Waals surface area (Å²) < 4.78 is 2.28. The fourth-order valence-electron chi connectivity index (χ4n) is 6.15. The van der Waals surface area contributed by atoms with Crippen LogP contribution in [0.4, 0.5) is 5.69 Å². The van der Waals surface area contributed by atoms with Crippen LogP contribution in [0.2, 0.25) is 0 Å². The molecule has 0 aliphatic carbocycles. The minimum Gasteiger partial charge on any atom is -0.671 e. The number of benzene rings is 4. The maximum atomic E-state index is 5.71. The zero-order valence-electron chi connectivity index (χ0n) is 29.2. The molecule has 0 bridgehead atoms. The number of para-hydroxylation sites is 1. The van der Waals surface area contributed by atoms with Crippen LogP contribution in [0.15, 0.2) is 91.0 Å². The van der Waals surface area contributed by atoms with E-state index in [0.29, 0.717) is 11.8 Å². The number of aromatic nitrogens is 2. The molecule has 0 radical (unpaired) electrons. The van der Waals surface area contributed by atoms with Gasteiger partial charge in [-0.3, -0.25) is 0 Å². The van der Waals surface area contributed by atoms with E-state index in [0.717, 1.165) is 34.0 Å². The molecule has 234 valence electrons. The summed E-state index contributed by atoms with van der Waals surface area (Å²) in [6.45, 7) is 15.6. The normalized spacial score (nSPS) is 11.2. The van der Waals surface area contributed by atoms with Crippen LogP contribution >= 0.6 is 0 Å². The second kappa shape index (κ2) is 16.9. The second-order valence-electron chi connectivity index (χ2n) is 11.9. The van der Waals surface area contributed by atoms with Gasteiger partial charge in [-0.1, -0.05) is 135 Å². The Morgan fingerprint density at radius 3 is 1.58 bits per heavy atom. The molecule has 1 atom stereocenters. The van der Waals surface area contributed by atoms with Gasteiger partial charge in [0.2, 0.25) is 0 Å². The Balaban J connectivity index is 0.00000253. The molecule has 0 N–H and O–H groups in total. The van der Waals surface area contributed by atoms with Gasteiger partial charge in [-0.15, -0.1) is 5.69 Å². The molecule has 0 amide bonds. The van der Waals surface area contributed by atoms with Gasteiger partial charge in [0.05, 0.1) is 17.2 Å². The van der Waals surface area contributed by atoms with Crippen molar-refractivity contribution in [1.82, 2.24) is 9.55 Å². The van der Waals surface area contributed by atoms with Gasteiger partial charge in [-0.05, 0) is 55.3 Å². The van der Waals surface area contributed by atoms with Gasteiger partial charge in [0.25, 0.3) is 0 Å². The maximum absolute atomic E-state index is 5.71. The maximum Gasteiger partial charge on any atom is 4.00 e. The van der Waals surface area contributed by atoms with E-state index < -0.39 is 0 Å². The molecule has 0 saturated heterocycles. The predicted molar refractivity (Wildman–Crippen MR) is 193 cm³/mol. The predicted octanol–water partition coefficient (Wildman–Crippen LogP) is 12.1. The van der Waals surface area contributed by atoms with E-state index in [1.807, 2.05) is 0 Å². The van der Waals surface area contributed by atoms with E-state index in [1.165, 1.54) is 33.4 Å². The van der Waals surface area contributed by atoms with Gasteiger partial charge in [0.15, 0.2) is 0 Å². The zero-order valence-corrected chi connectivity index (χ0v) is 32.8. The molecular weight excluding hydrogens is 713 g/mol. The molecule has 5 aromatic rings. The van der Waals surface area contributed by atoms with Gasteiger partial charge in [-0.2, -0.15) is 0 Å². The molecule has 45 heavy (non-hydrogen) atoms. The molecule has 4 heteroatoms. The number of imidazole rings is 1. The van der Waals surface area contributed by atoms with Crippen molar-refractivity contribution < 1.29 is 25.8 Å². The third-order valence-electron chi connectivity index (χ3n) is 8.08. The van der Waals surface area contributed by atoms with E-state index >= 15 is 0 Å². The third kappa shape index (κ3) is 8.14. The molecule has 1 heterocycles. The van der Waals surface area contributed by atoms with Crippen molar-refractivity contribution >= 4 is 5.69 Å². The molecule has 0 spiro atoms. The smallest absolute Gasteiger partial charge is 0.671 e. The summed E-state index contributed by atoms with van der Waals surface area (Å²) in [7, 11) is 2.15. The van der Waals surface area contributed by atoms with E-state index in [-0.39, 0.29) is 54.2 Å². The van der Waals surface area contributed by atoms with Crippen LogP contribution < -0.4 is 0 Å². The summed E-state index contributed by atoms with van der Waals surface area (Å²) in [5.41, 5.74) is 13.0. The van der Waals surface area contributed by atoms with Crippen LogP contribution in [0.1, 0.15) is 84.8 Å². The second-order valence-corrected chi connectivity index (χ2v) is 11.9. The van der Waals surface area contributed by atoms with Crippen LogP contribution in [0.5, 0.6) is 0 Å². The quantitative estimate of drug-likeness (QED) is 0.114. The Bertz CT molecular complexity index is 1600. The first-order valence-corrected chi connectivity index (χ1v) is 14.8. The zero-order chi connectivity index (χ0) is 29.3. The fourth-order valence-corrected chi connectivity index (χ4v) is 6.15. The molecule has 0 saturated carbocycles. The van der Waals surface area contributed by atoms with Crippen LogP contribution in [0.25, 0.3) is 27.8 Å². The molecule has 1 unspecified atom stereocenters. The Morgan fingerprint density at radius 2 is 1.11 bits per heavy atom. The first-order chi connectivity index (χ1) is 19.7. The molecule has 3 nitrogen and oxygen atoms in total. The Morgan fingerprint density at radius 1 is 0.644 bits per heavy atom. The van der Waals surface area contributed by atoms with Crippen molar-refractivity contribution in [2.75, 3.05) is 0 Å². The van der Waals surface area contributed by atoms with Crippen LogP contribution in [0, 0.1) is 43.1 Å². The standard InChI is InChI=1S/C38H42N3.3CH3.Hf/c1-24(2)31-20-15-21-32(25(3)4)35(31)39-36(33-27(6)22-26(5)23-28(33)7)38-40-34(29-16-11-9-12-17-29)37(41(38)8)30-18-13-10-14-19-30;;;;/h9-25,36H,1-8H3;3*1H3;/q4*-1;+4. The first-order valence-electron chi connectivity index (χ1n) is 14.8. The molecular formula is C41H51HfN3. The van der Waals surface area contributed by atoms with E-state index in [4.69, 9.17) is 10.3 Å². The fraction of sp³-hybridized carbons (Fsp3) is 0.268. The van der Waals surface area contributed by atoms with Crippen molar-refractivity contribution in [2.24, 2.45) is 7.05 Å². The summed E-state index contributed by atoms with van der Waals surface area (Å²) in [4.78, 5) is 5.45. The van der Waals surface area contributed by atoms with Crippen molar-refractivity contribution in [3.05, 3.63) is 158 Å². The van der Waals surface area contributed by atoms with Crippen molar-refractivity contribution in [3.63, 3.8) is 0 Å². The molecule has 4 aromatic carbocycles. The van der Waals surface area contributed by atoms with Crippen molar-refractivity contribution in [3.8, 4) is 22.5 Å². The minimum atomic E-state index is -0.266. The largest absolute Gasteiger partial charge is 4.00 e. The third-order valence-corrected chi connectivity index (χ3v) is 8.08. The molecule has 0 aliphatic rings. The minimum absolute atomic E-state index is 0. The number of aryl methyl sites for hydroxylation is 3.